The van der Waals surface area contributed by atoms with Crippen molar-refractivity contribution in [1.29, 1.82) is 0 Å². The van der Waals surface area contributed by atoms with Crippen LogP contribution in [0.1, 0.15) is 32.3 Å². The molecule has 2 rings (SSSR count). The van der Waals surface area contributed by atoms with Gasteiger partial charge in [0, 0.05) is 15.8 Å². The fraction of sp³-hybridized carbons (Fsp3) is 0.600. The van der Waals surface area contributed by atoms with E-state index in [1.165, 1.54) is 24.7 Å². The van der Waals surface area contributed by atoms with E-state index in [1.807, 2.05) is 11.8 Å². The summed E-state index contributed by atoms with van der Waals surface area (Å²) in [4.78, 5) is 0. The van der Waals surface area contributed by atoms with E-state index in [9.17, 15) is 4.39 Å². The van der Waals surface area contributed by atoms with Gasteiger partial charge in [0.05, 0.1) is 0 Å². The summed E-state index contributed by atoms with van der Waals surface area (Å²) in [7, 11) is 0. The molecule has 0 aliphatic carbocycles. The third-order valence-corrected chi connectivity index (χ3v) is 5.88. The fourth-order valence-corrected chi connectivity index (χ4v) is 4.35. The van der Waals surface area contributed by atoms with Gasteiger partial charge in [0.15, 0.2) is 0 Å². The zero-order valence-corrected chi connectivity index (χ0v) is 13.1. The first-order valence-electron chi connectivity index (χ1n) is 6.86. The molecular weight excluding hydrogens is 281 g/mol. The monoisotopic (exact) mass is 301 g/mol. The van der Waals surface area contributed by atoms with E-state index < -0.39 is 0 Å². The first-order valence-corrected chi connectivity index (χ1v) is 8.23. The van der Waals surface area contributed by atoms with Crippen LogP contribution in [0.25, 0.3) is 0 Å². The van der Waals surface area contributed by atoms with E-state index in [0.29, 0.717) is 11.1 Å². The highest BCUT2D eigenvalue weighted by Crippen LogP contribution is 2.41. The molecule has 0 saturated carbocycles. The van der Waals surface area contributed by atoms with E-state index in [4.69, 9.17) is 11.6 Å². The minimum absolute atomic E-state index is 0.209. The quantitative estimate of drug-likeness (QED) is 0.871. The van der Waals surface area contributed by atoms with E-state index in [2.05, 4.69) is 19.2 Å². The molecule has 1 heterocycles. The minimum atomic E-state index is -0.209. The number of benzene rings is 1. The second kappa shape index (κ2) is 6.47. The van der Waals surface area contributed by atoms with Crippen LogP contribution in [0, 0.1) is 5.82 Å². The number of hydrogen-bond acceptors (Lipinski definition) is 2. The molecule has 0 spiro atoms. The summed E-state index contributed by atoms with van der Waals surface area (Å²) < 4.78 is 13.6. The van der Waals surface area contributed by atoms with Crippen molar-refractivity contribution in [1.82, 2.24) is 5.32 Å². The Labute approximate surface area is 124 Å². The fourth-order valence-electron chi connectivity index (χ4n) is 2.75. The third-order valence-electron chi connectivity index (χ3n) is 3.87. The van der Waals surface area contributed by atoms with Crippen LogP contribution in [0.15, 0.2) is 18.2 Å². The molecule has 1 N–H and O–H groups in total. The number of thioether (sulfide) groups is 1. The predicted molar refractivity (Wildman–Crippen MR) is 82.7 cm³/mol. The summed E-state index contributed by atoms with van der Waals surface area (Å²) >= 11 is 8.21. The van der Waals surface area contributed by atoms with Gasteiger partial charge in [-0.05, 0) is 62.2 Å². The van der Waals surface area contributed by atoms with Crippen molar-refractivity contribution < 1.29 is 4.39 Å². The average Bonchev–Trinajstić information content (AvgIpc) is 2.81. The lowest BCUT2D eigenvalue weighted by molar-refractivity contribution is 0.406. The number of nitrogens with one attached hydrogen (secondary N) is 1. The summed E-state index contributed by atoms with van der Waals surface area (Å²) in [5, 5.41) is 4.22. The van der Waals surface area contributed by atoms with Crippen molar-refractivity contribution in [2.45, 2.75) is 43.9 Å². The van der Waals surface area contributed by atoms with Crippen molar-refractivity contribution in [2.24, 2.45) is 0 Å². The molecule has 1 aliphatic heterocycles. The van der Waals surface area contributed by atoms with Gasteiger partial charge in [-0.1, -0.05) is 18.5 Å². The highest BCUT2D eigenvalue weighted by Gasteiger charge is 2.37. The van der Waals surface area contributed by atoms with Crippen LogP contribution in [0.4, 0.5) is 4.39 Å². The molecule has 1 nitrogen and oxygen atoms in total. The summed E-state index contributed by atoms with van der Waals surface area (Å²) in [6.07, 6.45) is 3.26. The van der Waals surface area contributed by atoms with E-state index in [-0.39, 0.29) is 10.6 Å². The SMILES string of the molecule is CCNC(Cc1cc(F)ccc1Cl)C1(C)CCCS1. The largest absolute Gasteiger partial charge is 0.313 e. The van der Waals surface area contributed by atoms with Crippen LogP contribution in [0.2, 0.25) is 5.02 Å². The van der Waals surface area contributed by atoms with Crippen molar-refractivity contribution in [3.8, 4) is 0 Å². The molecule has 1 saturated heterocycles. The maximum Gasteiger partial charge on any atom is 0.123 e. The Morgan fingerprint density at radius 3 is 2.95 bits per heavy atom. The second-order valence-corrected chi connectivity index (χ2v) is 7.35. The Morgan fingerprint density at radius 2 is 2.32 bits per heavy atom. The maximum atomic E-state index is 13.4. The van der Waals surface area contributed by atoms with Gasteiger partial charge in [0.2, 0.25) is 0 Å². The van der Waals surface area contributed by atoms with Crippen LogP contribution < -0.4 is 5.32 Å². The number of rotatable bonds is 5. The summed E-state index contributed by atoms with van der Waals surface area (Å²) in [5.41, 5.74) is 0.904. The average molecular weight is 302 g/mol. The zero-order valence-electron chi connectivity index (χ0n) is 11.5. The van der Waals surface area contributed by atoms with Gasteiger partial charge in [-0.3, -0.25) is 0 Å². The smallest absolute Gasteiger partial charge is 0.123 e. The van der Waals surface area contributed by atoms with Crippen LogP contribution in [-0.4, -0.2) is 23.1 Å². The Bertz CT molecular complexity index is 432. The third kappa shape index (κ3) is 3.65. The minimum Gasteiger partial charge on any atom is -0.313 e. The molecule has 4 heteroatoms. The van der Waals surface area contributed by atoms with Gasteiger partial charge in [-0.15, -0.1) is 0 Å². The highest BCUT2D eigenvalue weighted by molar-refractivity contribution is 8.00. The molecular formula is C15H21ClFNS. The molecule has 106 valence electrons. The van der Waals surface area contributed by atoms with Gasteiger partial charge in [-0.2, -0.15) is 11.8 Å². The van der Waals surface area contributed by atoms with E-state index in [1.54, 1.807) is 12.1 Å². The molecule has 1 aromatic rings. The molecule has 19 heavy (non-hydrogen) atoms. The van der Waals surface area contributed by atoms with E-state index >= 15 is 0 Å². The van der Waals surface area contributed by atoms with Crippen LogP contribution >= 0.6 is 23.4 Å². The molecule has 0 bridgehead atoms. The number of halogens is 2. The predicted octanol–water partition coefficient (Wildman–Crippen LogP) is 4.29. The second-order valence-electron chi connectivity index (χ2n) is 5.31. The molecule has 0 amide bonds. The lowest BCUT2D eigenvalue weighted by Gasteiger charge is -2.34. The first-order chi connectivity index (χ1) is 9.05. The van der Waals surface area contributed by atoms with Crippen molar-refractivity contribution in [3.63, 3.8) is 0 Å². The number of likely N-dealkylation sites (N-methyl/N-ethyl adjacent to an activating group) is 1. The lowest BCUT2D eigenvalue weighted by Crippen LogP contribution is -2.46. The van der Waals surface area contributed by atoms with Crippen molar-refractivity contribution in [3.05, 3.63) is 34.6 Å². The van der Waals surface area contributed by atoms with Gasteiger partial charge in [-0.25, -0.2) is 4.39 Å². The lowest BCUT2D eigenvalue weighted by atomic mass is 9.90. The summed E-state index contributed by atoms with van der Waals surface area (Å²) in [6, 6.07) is 4.97. The Kier molecular flexibility index (Phi) is 5.15. The van der Waals surface area contributed by atoms with Gasteiger partial charge < -0.3 is 5.32 Å². The maximum absolute atomic E-state index is 13.4. The van der Waals surface area contributed by atoms with Crippen LogP contribution in [0.3, 0.4) is 0 Å². The molecule has 1 aliphatic rings. The summed E-state index contributed by atoms with van der Waals surface area (Å²) in [6.45, 7) is 5.35. The summed E-state index contributed by atoms with van der Waals surface area (Å²) in [5.74, 6) is 1.01. The first kappa shape index (κ1) is 15.1. The molecule has 1 fully saturated rings. The molecule has 0 aromatic heterocycles. The molecule has 1 aromatic carbocycles. The van der Waals surface area contributed by atoms with Crippen molar-refractivity contribution >= 4 is 23.4 Å². The van der Waals surface area contributed by atoms with Crippen LogP contribution in [0.5, 0.6) is 0 Å². The Hall–Kier alpha value is -0.250. The molecule has 0 radical (unpaired) electrons. The molecule has 2 atom stereocenters. The topological polar surface area (TPSA) is 12.0 Å². The normalized spacial score (nSPS) is 24.6. The van der Waals surface area contributed by atoms with Gasteiger partial charge in [0.1, 0.15) is 5.82 Å². The van der Waals surface area contributed by atoms with E-state index in [0.717, 1.165) is 18.5 Å². The highest BCUT2D eigenvalue weighted by atomic mass is 35.5. The van der Waals surface area contributed by atoms with Gasteiger partial charge >= 0.3 is 0 Å². The van der Waals surface area contributed by atoms with Gasteiger partial charge in [0.25, 0.3) is 0 Å². The van der Waals surface area contributed by atoms with Crippen molar-refractivity contribution in [2.75, 3.05) is 12.3 Å². The Balaban J connectivity index is 2.18. The number of hydrogen-bond donors (Lipinski definition) is 1. The zero-order chi connectivity index (χ0) is 13.9. The Morgan fingerprint density at radius 1 is 1.53 bits per heavy atom. The van der Waals surface area contributed by atoms with Crippen LogP contribution in [-0.2, 0) is 6.42 Å². The standard InChI is InChI=1S/C15H21ClFNS/c1-3-18-14(15(2)7-4-8-19-15)10-11-9-12(17)5-6-13(11)16/h5-6,9,14,18H,3-4,7-8,10H2,1-2H3. The molecule has 2 unspecified atom stereocenters.